The van der Waals surface area contributed by atoms with Gasteiger partial charge in [0.2, 0.25) is 0 Å². The molecule has 0 aliphatic rings. The Morgan fingerprint density at radius 2 is 1.48 bits per heavy atom. The van der Waals surface area contributed by atoms with Crippen LogP contribution in [0, 0.1) is 0 Å². The predicted octanol–water partition coefficient (Wildman–Crippen LogP) is 5.77. The molecule has 2 rings (SSSR count). The molecule has 0 saturated carbocycles. The lowest BCUT2D eigenvalue weighted by atomic mass is 9.87. The van der Waals surface area contributed by atoms with Gasteiger partial charge in [-0.2, -0.15) is 0 Å². The molecule has 134 valence electrons. The third-order valence-electron chi connectivity index (χ3n) is 4.04. The van der Waals surface area contributed by atoms with Crippen LogP contribution < -0.4 is 9.47 Å². The second-order valence-corrected chi connectivity index (χ2v) is 7.24. The Hall–Kier alpha value is -2.29. The van der Waals surface area contributed by atoms with E-state index in [1.807, 2.05) is 36.4 Å². The maximum atomic E-state index is 12.2. The average molecular weight is 340 g/mol. The molecule has 0 aliphatic carbocycles. The van der Waals surface area contributed by atoms with E-state index in [-0.39, 0.29) is 11.4 Å². The third kappa shape index (κ3) is 5.93. The molecule has 0 N–H and O–H groups in total. The number of hydrogen-bond acceptors (Lipinski definition) is 3. The Morgan fingerprint density at radius 3 is 2.04 bits per heavy atom. The van der Waals surface area contributed by atoms with Crippen molar-refractivity contribution in [2.75, 3.05) is 6.61 Å². The van der Waals surface area contributed by atoms with Crippen LogP contribution in [-0.4, -0.2) is 12.6 Å². The molecule has 25 heavy (non-hydrogen) atoms. The summed E-state index contributed by atoms with van der Waals surface area (Å²) in [4.78, 5) is 12.2. The van der Waals surface area contributed by atoms with E-state index in [4.69, 9.17) is 9.47 Å². The van der Waals surface area contributed by atoms with Gasteiger partial charge in [-0.3, -0.25) is 0 Å². The second kappa shape index (κ2) is 8.70. The van der Waals surface area contributed by atoms with Gasteiger partial charge in [0.05, 0.1) is 12.2 Å². The van der Waals surface area contributed by atoms with E-state index in [0.717, 1.165) is 12.2 Å². The van der Waals surface area contributed by atoms with E-state index in [1.165, 1.54) is 18.4 Å². The zero-order chi connectivity index (χ0) is 18.3. The van der Waals surface area contributed by atoms with Crippen molar-refractivity contribution in [2.45, 2.75) is 52.4 Å². The number of carbonyl (C=O) groups is 1. The SMILES string of the molecule is CCCCCOc1ccc(C(=O)Oc2ccc(C(C)(C)C)cc2)cc1. The second-order valence-electron chi connectivity index (χ2n) is 7.24. The molecule has 0 spiro atoms. The van der Waals surface area contributed by atoms with E-state index in [0.29, 0.717) is 17.9 Å². The van der Waals surface area contributed by atoms with E-state index >= 15 is 0 Å². The summed E-state index contributed by atoms with van der Waals surface area (Å²) < 4.78 is 11.1. The number of carbonyl (C=O) groups excluding carboxylic acids is 1. The third-order valence-corrected chi connectivity index (χ3v) is 4.04. The van der Waals surface area contributed by atoms with Gasteiger partial charge in [-0.1, -0.05) is 52.7 Å². The molecule has 0 bridgehead atoms. The van der Waals surface area contributed by atoms with Gasteiger partial charge in [0, 0.05) is 0 Å². The van der Waals surface area contributed by atoms with Crippen molar-refractivity contribution in [3.8, 4) is 11.5 Å². The van der Waals surface area contributed by atoms with Crippen molar-refractivity contribution in [3.63, 3.8) is 0 Å². The van der Waals surface area contributed by atoms with Gasteiger partial charge >= 0.3 is 5.97 Å². The highest BCUT2D eigenvalue weighted by Crippen LogP contribution is 2.24. The van der Waals surface area contributed by atoms with Gasteiger partial charge in [-0.15, -0.1) is 0 Å². The number of hydrogen-bond donors (Lipinski definition) is 0. The van der Waals surface area contributed by atoms with Gasteiger partial charge < -0.3 is 9.47 Å². The van der Waals surface area contributed by atoms with Gasteiger partial charge in [0.25, 0.3) is 0 Å². The first-order valence-electron chi connectivity index (χ1n) is 8.96. The molecule has 2 aromatic rings. The minimum Gasteiger partial charge on any atom is -0.494 e. The van der Waals surface area contributed by atoms with Crippen LogP contribution in [-0.2, 0) is 5.41 Å². The zero-order valence-electron chi connectivity index (χ0n) is 15.7. The fourth-order valence-electron chi connectivity index (χ4n) is 2.42. The van der Waals surface area contributed by atoms with Crippen molar-refractivity contribution < 1.29 is 14.3 Å². The molecular formula is C22H28O3. The highest BCUT2D eigenvalue weighted by molar-refractivity contribution is 5.91. The molecule has 0 atom stereocenters. The Labute approximate surface area is 151 Å². The highest BCUT2D eigenvalue weighted by Gasteiger charge is 2.14. The number of benzene rings is 2. The molecule has 0 unspecified atom stereocenters. The standard InChI is InChI=1S/C22H28O3/c1-5-6-7-16-24-19-12-8-17(9-13-19)21(23)25-20-14-10-18(11-15-20)22(2,3)4/h8-15H,5-7,16H2,1-4H3. The monoisotopic (exact) mass is 340 g/mol. The van der Waals surface area contributed by atoms with E-state index in [2.05, 4.69) is 27.7 Å². The van der Waals surface area contributed by atoms with Gasteiger partial charge in [-0.25, -0.2) is 4.79 Å². The lowest BCUT2D eigenvalue weighted by Crippen LogP contribution is -2.11. The van der Waals surface area contributed by atoms with Crippen molar-refractivity contribution >= 4 is 5.97 Å². The Kier molecular flexibility index (Phi) is 6.63. The summed E-state index contributed by atoms with van der Waals surface area (Å²) in [5.41, 5.74) is 1.80. The Balaban J connectivity index is 1.92. The lowest BCUT2D eigenvalue weighted by Gasteiger charge is -2.19. The number of esters is 1. The van der Waals surface area contributed by atoms with E-state index in [1.54, 1.807) is 12.1 Å². The Morgan fingerprint density at radius 1 is 0.880 bits per heavy atom. The van der Waals surface area contributed by atoms with Crippen molar-refractivity contribution in [2.24, 2.45) is 0 Å². The first kappa shape index (κ1) is 19.0. The lowest BCUT2D eigenvalue weighted by molar-refractivity contribution is 0.0734. The van der Waals surface area contributed by atoms with Crippen LogP contribution in [0.15, 0.2) is 48.5 Å². The number of rotatable bonds is 7. The summed E-state index contributed by atoms with van der Waals surface area (Å²) in [7, 11) is 0. The van der Waals surface area contributed by atoms with Crippen LogP contribution in [0.5, 0.6) is 11.5 Å². The molecule has 3 heteroatoms. The van der Waals surface area contributed by atoms with Crippen molar-refractivity contribution in [1.29, 1.82) is 0 Å². The predicted molar refractivity (Wildman–Crippen MR) is 102 cm³/mol. The largest absolute Gasteiger partial charge is 0.494 e. The minimum absolute atomic E-state index is 0.0789. The first-order chi connectivity index (χ1) is 11.9. The minimum atomic E-state index is -0.360. The van der Waals surface area contributed by atoms with E-state index < -0.39 is 0 Å². The summed E-state index contributed by atoms with van der Waals surface area (Å²) in [6, 6.07) is 14.8. The molecule has 2 aromatic carbocycles. The normalized spacial score (nSPS) is 11.2. The van der Waals surface area contributed by atoms with E-state index in [9.17, 15) is 4.79 Å². The fraction of sp³-hybridized carbons (Fsp3) is 0.409. The van der Waals surface area contributed by atoms with Crippen LogP contribution in [0.1, 0.15) is 62.9 Å². The summed E-state index contributed by atoms with van der Waals surface area (Å²) in [5.74, 6) is 0.973. The highest BCUT2D eigenvalue weighted by atomic mass is 16.5. The van der Waals surface area contributed by atoms with Crippen molar-refractivity contribution in [1.82, 2.24) is 0 Å². The fourth-order valence-corrected chi connectivity index (χ4v) is 2.42. The smallest absolute Gasteiger partial charge is 0.343 e. The molecule has 0 saturated heterocycles. The van der Waals surface area contributed by atoms with Gasteiger partial charge in [0.1, 0.15) is 11.5 Å². The molecule has 0 fully saturated rings. The molecule has 0 heterocycles. The molecule has 0 aliphatic heterocycles. The summed E-state index contributed by atoms with van der Waals surface area (Å²) >= 11 is 0. The molecular weight excluding hydrogens is 312 g/mol. The quantitative estimate of drug-likeness (QED) is 0.364. The maximum absolute atomic E-state index is 12.2. The molecule has 0 radical (unpaired) electrons. The van der Waals surface area contributed by atoms with Crippen LogP contribution in [0.4, 0.5) is 0 Å². The summed E-state index contributed by atoms with van der Waals surface area (Å²) in [5, 5.41) is 0. The number of unbranched alkanes of at least 4 members (excludes halogenated alkanes) is 2. The van der Waals surface area contributed by atoms with Crippen LogP contribution in [0.2, 0.25) is 0 Å². The van der Waals surface area contributed by atoms with Crippen molar-refractivity contribution in [3.05, 3.63) is 59.7 Å². The van der Waals surface area contributed by atoms with Gasteiger partial charge in [0.15, 0.2) is 0 Å². The molecule has 3 nitrogen and oxygen atoms in total. The van der Waals surface area contributed by atoms with Gasteiger partial charge in [-0.05, 0) is 53.8 Å². The maximum Gasteiger partial charge on any atom is 0.343 e. The molecule has 0 aromatic heterocycles. The summed E-state index contributed by atoms with van der Waals surface area (Å²) in [6.07, 6.45) is 3.38. The average Bonchev–Trinajstić information content (AvgIpc) is 2.59. The summed E-state index contributed by atoms with van der Waals surface area (Å²) in [6.45, 7) is 9.33. The van der Waals surface area contributed by atoms with Crippen LogP contribution >= 0.6 is 0 Å². The topological polar surface area (TPSA) is 35.5 Å². The molecule has 0 amide bonds. The zero-order valence-corrected chi connectivity index (χ0v) is 15.7. The van der Waals surface area contributed by atoms with Crippen LogP contribution in [0.3, 0.4) is 0 Å². The number of ether oxygens (including phenoxy) is 2. The first-order valence-corrected chi connectivity index (χ1v) is 8.96. The van der Waals surface area contributed by atoms with Crippen LogP contribution in [0.25, 0.3) is 0 Å². The Bertz CT molecular complexity index is 664.